The second kappa shape index (κ2) is 5.60. The molecule has 2 aliphatic rings. The Morgan fingerprint density at radius 3 is 2.60 bits per heavy atom. The van der Waals surface area contributed by atoms with Gasteiger partial charge in [-0.1, -0.05) is 6.42 Å². The van der Waals surface area contributed by atoms with E-state index >= 15 is 0 Å². The maximum atomic E-state index is 12.1. The van der Waals surface area contributed by atoms with Gasteiger partial charge in [0.25, 0.3) is 0 Å². The van der Waals surface area contributed by atoms with Crippen LogP contribution in [0.15, 0.2) is 0 Å². The Hall–Kier alpha value is -1.30. The van der Waals surface area contributed by atoms with E-state index in [0.29, 0.717) is 19.4 Å². The predicted molar refractivity (Wildman–Crippen MR) is 73.5 cm³/mol. The molecule has 0 aromatic carbocycles. The lowest BCUT2D eigenvalue weighted by molar-refractivity contribution is -0.148. The number of carbonyl (C=O) groups excluding carboxylic acids is 1. The van der Waals surface area contributed by atoms with Crippen molar-refractivity contribution in [1.82, 2.24) is 10.6 Å². The third-order valence-corrected chi connectivity index (χ3v) is 4.61. The van der Waals surface area contributed by atoms with E-state index in [4.69, 9.17) is 4.74 Å². The van der Waals surface area contributed by atoms with Gasteiger partial charge in [-0.25, -0.2) is 4.79 Å². The van der Waals surface area contributed by atoms with E-state index in [-0.39, 0.29) is 17.6 Å². The van der Waals surface area contributed by atoms with Crippen LogP contribution in [-0.4, -0.2) is 41.9 Å². The van der Waals surface area contributed by atoms with Crippen LogP contribution in [0.3, 0.4) is 0 Å². The molecule has 2 rings (SSSR count). The molecule has 2 amide bonds. The van der Waals surface area contributed by atoms with Gasteiger partial charge >= 0.3 is 12.0 Å². The quantitative estimate of drug-likeness (QED) is 0.733. The first-order valence-electron chi connectivity index (χ1n) is 7.26. The molecule has 6 heteroatoms. The first kappa shape index (κ1) is 15.1. The topological polar surface area (TPSA) is 87.7 Å². The molecule has 1 aliphatic carbocycles. The molecule has 2 fully saturated rings. The zero-order valence-corrected chi connectivity index (χ0v) is 12.2. The van der Waals surface area contributed by atoms with Crippen LogP contribution in [0.2, 0.25) is 0 Å². The molecular weight excluding hydrogens is 260 g/mol. The summed E-state index contributed by atoms with van der Waals surface area (Å²) in [7, 11) is 0. The van der Waals surface area contributed by atoms with Crippen LogP contribution in [0, 0.1) is 5.41 Å². The highest BCUT2D eigenvalue weighted by Crippen LogP contribution is 2.38. The number of ether oxygens (including phenoxy) is 1. The second-order valence-electron chi connectivity index (χ2n) is 6.48. The molecule has 3 atom stereocenters. The zero-order valence-electron chi connectivity index (χ0n) is 12.2. The number of nitrogens with one attached hydrogen (secondary N) is 2. The van der Waals surface area contributed by atoms with Crippen molar-refractivity contribution >= 4 is 12.0 Å². The SMILES string of the molecule is CC1(NC(=O)NC2CCCC2(C)C(=O)O)CCCOC1. The van der Waals surface area contributed by atoms with Gasteiger partial charge in [-0.2, -0.15) is 0 Å². The molecule has 1 heterocycles. The van der Waals surface area contributed by atoms with Crippen molar-refractivity contribution in [3.05, 3.63) is 0 Å². The number of carboxylic acids is 1. The molecule has 114 valence electrons. The molecular formula is C14H24N2O4. The Kier molecular flexibility index (Phi) is 4.22. The summed E-state index contributed by atoms with van der Waals surface area (Å²) >= 11 is 0. The molecule has 3 N–H and O–H groups in total. The first-order valence-corrected chi connectivity index (χ1v) is 7.26. The largest absolute Gasteiger partial charge is 0.481 e. The van der Waals surface area contributed by atoms with E-state index in [1.165, 1.54) is 0 Å². The fourth-order valence-corrected chi connectivity index (χ4v) is 3.15. The summed E-state index contributed by atoms with van der Waals surface area (Å²) in [4.78, 5) is 23.5. The number of hydrogen-bond acceptors (Lipinski definition) is 3. The van der Waals surface area contributed by atoms with Crippen molar-refractivity contribution in [3.63, 3.8) is 0 Å². The van der Waals surface area contributed by atoms with Gasteiger partial charge < -0.3 is 20.5 Å². The van der Waals surface area contributed by atoms with E-state index in [9.17, 15) is 14.7 Å². The highest BCUT2D eigenvalue weighted by atomic mass is 16.5. The molecule has 1 saturated carbocycles. The van der Waals surface area contributed by atoms with Crippen LogP contribution in [0.25, 0.3) is 0 Å². The minimum absolute atomic E-state index is 0.294. The van der Waals surface area contributed by atoms with Crippen LogP contribution < -0.4 is 10.6 Å². The number of carbonyl (C=O) groups is 2. The molecule has 20 heavy (non-hydrogen) atoms. The van der Waals surface area contributed by atoms with E-state index < -0.39 is 11.4 Å². The monoisotopic (exact) mass is 284 g/mol. The maximum absolute atomic E-state index is 12.1. The van der Waals surface area contributed by atoms with Crippen LogP contribution in [-0.2, 0) is 9.53 Å². The van der Waals surface area contributed by atoms with Gasteiger partial charge in [0.1, 0.15) is 0 Å². The van der Waals surface area contributed by atoms with E-state index in [2.05, 4.69) is 10.6 Å². The van der Waals surface area contributed by atoms with Crippen molar-refractivity contribution in [2.24, 2.45) is 5.41 Å². The van der Waals surface area contributed by atoms with Crippen molar-refractivity contribution in [2.45, 2.75) is 57.5 Å². The molecule has 0 aromatic rings. The van der Waals surface area contributed by atoms with Gasteiger partial charge in [0.05, 0.1) is 17.6 Å². The van der Waals surface area contributed by atoms with Crippen LogP contribution in [0.1, 0.15) is 46.0 Å². The fraction of sp³-hybridized carbons (Fsp3) is 0.857. The first-order chi connectivity index (χ1) is 9.36. The minimum Gasteiger partial charge on any atom is -0.481 e. The highest BCUT2D eigenvalue weighted by molar-refractivity contribution is 5.79. The lowest BCUT2D eigenvalue weighted by atomic mass is 9.85. The van der Waals surface area contributed by atoms with E-state index in [1.54, 1.807) is 6.92 Å². The summed E-state index contributed by atoms with van der Waals surface area (Å²) in [5.74, 6) is -0.840. The highest BCUT2D eigenvalue weighted by Gasteiger charge is 2.46. The van der Waals surface area contributed by atoms with Crippen LogP contribution >= 0.6 is 0 Å². The van der Waals surface area contributed by atoms with Gasteiger partial charge in [-0.3, -0.25) is 4.79 Å². The molecule has 3 unspecified atom stereocenters. The molecule has 0 aromatic heterocycles. The zero-order chi connectivity index (χ0) is 14.8. The van der Waals surface area contributed by atoms with Gasteiger partial charge in [-0.15, -0.1) is 0 Å². The normalized spacial score (nSPS) is 37.4. The summed E-state index contributed by atoms with van der Waals surface area (Å²) in [6, 6.07) is -0.606. The number of amides is 2. The van der Waals surface area contributed by atoms with Crippen molar-refractivity contribution < 1.29 is 19.4 Å². The Bertz CT molecular complexity index is 393. The Morgan fingerprint density at radius 2 is 2.00 bits per heavy atom. The molecule has 0 spiro atoms. The van der Waals surface area contributed by atoms with Crippen molar-refractivity contribution in [1.29, 1.82) is 0 Å². The Balaban J connectivity index is 1.92. The van der Waals surface area contributed by atoms with Gasteiger partial charge in [-0.05, 0) is 39.5 Å². The van der Waals surface area contributed by atoms with Crippen molar-refractivity contribution in [3.8, 4) is 0 Å². The average molecular weight is 284 g/mol. The third kappa shape index (κ3) is 3.06. The fourth-order valence-electron chi connectivity index (χ4n) is 3.15. The number of aliphatic carboxylic acids is 1. The minimum atomic E-state index is -0.860. The summed E-state index contributed by atoms with van der Waals surface area (Å²) in [5, 5.41) is 15.1. The predicted octanol–water partition coefficient (Wildman–Crippen LogP) is 1.50. The van der Waals surface area contributed by atoms with E-state index in [1.807, 2.05) is 6.92 Å². The number of urea groups is 1. The van der Waals surface area contributed by atoms with Crippen LogP contribution in [0.4, 0.5) is 4.79 Å². The number of rotatable bonds is 3. The second-order valence-corrected chi connectivity index (χ2v) is 6.48. The maximum Gasteiger partial charge on any atom is 0.315 e. The van der Waals surface area contributed by atoms with Gasteiger partial charge in [0.2, 0.25) is 0 Å². The standard InChI is InChI=1S/C14H24N2O4/c1-13(6-4-8-20-9-13)16-12(19)15-10-5-3-7-14(10,2)11(17)18/h10H,3-9H2,1-2H3,(H,17,18)(H2,15,16,19). The lowest BCUT2D eigenvalue weighted by Gasteiger charge is -2.35. The average Bonchev–Trinajstić information content (AvgIpc) is 2.72. The molecule has 1 aliphatic heterocycles. The van der Waals surface area contributed by atoms with Crippen molar-refractivity contribution in [2.75, 3.05) is 13.2 Å². The van der Waals surface area contributed by atoms with E-state index in [0.717, 1.165) is 25.9 Å². The molecule has 0 bridgehead atoms. The smallest absolute Gasteiger partial charge is 0.315 e. The lowest BCUT2D eigenvalue weighted by Crippen LogP contribution is -2.58. The summed E-state index contributed by atoms with van der Waals surface area (Å²) in [5.41, 5.74) is -1.22. The molecule has 6 nitrogen and oxygen atoms in total. The molecule has 1 saturated heterocycles. The Labute approximate surface area is 119 Å². The third-order valence-electron chi connectivity index (χ3n) is 4.61. The number of hydrogen-bond donors (Lipinski definition) is 3. The number of carboxylic acid groups (broad SMARTS) is 1. The Morgan fingerprint density at radius 1 is 1.25 bits per heavy atom. The van der Waals surface area contributed by atoms with Gasteiger partial charge in [0.15, 0.2) is 0 Å². The summed E-state index contributed by atoms with van der Waals surface area (Å²) in [6.45, 7) is 4.90. The van der Waals surface area contributed by atoms with Gasteiger partial charge in [0, 0.05) is 12.6 Å². The van der Waals surface area contributed by atoms with Crippen LogP contribution in [0.5, 0.6) is 0 Å². The molecule has 0 radical (unpaired) electrons. The summed E-state index contributed by atoms with van der Waals surface area (Å²) < 4.78 is 5.40. The summed E-state index contributed by atoms with van der Waals surface area (Å²) in [6.07, 6.45) is 3.94.